The third kappa shape index (κ3) is 5.76. The van der Waals surface area contributed by atoms with Gasteiger partial charge in [0.2, 0.25) is 0 Å². The van der Waals surface area contributed by atoms with E-state index in [-0.39, 0.29) is 0 Å². The maximum Gasteiger partial charge on any atom is 0.0372 e. The number of benzene rings is 1. The summed E-state index contributed by atoms with van der Waals surface area (Å²) in [5.41, 5.74) is 2.79. The molecule has 0 aliphatic heterocycles. The van der Waals surface area contributed by atoms with E-state index in [1.165, 1.54) is 30.5 Å². The number of hydrogen-bond donors (Lipinski definition) is 1. The van der Waals surface area contributed by atoms with Gasteiger partial charge in [-0.15, -0.1) is 0 Å². The molecule has 0 fully saturated rings. The van der Waals surface area contributed by atoms with Crippen molar-refractivity contribution < 1.29 is 0 Å². The van der Waals surface area contributed by atoms with Gasteiger partial charge in [0.15, 0.2) is 0 Å². The number of nitrogens with one attached hydrogen (secondary N) is 1. The summed E-state index contributed by atoms with van der Waals surface area (Å²) in [5.74, 6) is 1.55. The van der Waals surface area contributed by atoms with Crippen LogP contribution in [0.4, 0.5) is 5.69 Å². The summed E-state index contributed by atoms with van der Waals surface area (Å²) in [6, 6.07) is 8.72. The third-order valence-corrected chi connectivity index (χ3v) is 3.05. The molecule has 1 rings (SSSR count). The van der Waals surface area contributed by atoms with Crippen LogP contribution in [0.3, 0.4) is 0 Å². The molecule has 1 aromatic carbocycles. The Labute approximate surface area is 107 Å². The van der Waals surface area contributed by atoms with Crippen molar-refractivity contribution in [2.45, 2.75) is 47.0 Å². The molecule has 0 unspecified atom stereocenters. The van der Waals surface area contributed by atoms with Crippen LogP contribution in [0.5, 0.6) is 0 Å². The summed E-state index contributed by atoms with van der Waals surface area (Å²) >= 11 is 0. The van der Waals surface area contributed by atoms with Gasteiger partial charge in [-0.05, 0) is 42.7 Å². The molecule has 0 aromatic heterocycles. The first kappa shape index (κ1) is 14.1. The van der Waals surface area contributed by atoms with Crippen LogP contribution in [0.2, 0.25) is 0 Å². The molecule has 17 heavy (non-hydrogen) atoms. The van der Waals surface area contributed by atoms with E-state index in [9.17, 15) is 0 Å². The maximum atomic E-state index is 3.57. The van der Waals surface area contributed by atoms with Gasteiger partial charge in [-0.3, -0.25) is 0 Å². The highest BCUT2D eigenvalue weighted by Crippen LogP contribution is 2.19. The summed E-state index contributed by atoms with van der Waals surface area (Å²) in [5, 5.41) is 3.57. The average Bonchev–Trinajstić information content (AvgIpc) is 2.27. The van der Waals surface area contributed by atoms with Gasteiger partial charge < -0.3 is 5.32 Å². The molecular formula is C16H27N. The molecule has 0 radical (unpaired) electrons. The van der Waals surface area contributed by atoms with E-state index >= 15 is 0 Å². The Kier molecular flexibility index (Phi) is 6.10. The monoisotopic (exact) mass is 233 g/mol. The van der Waals surface area contributed by atoms with Crippen molar-refractivity contribution in [3.8, 4) is 0 Å². The number of anilines is 1. The van der Waals surface area contributed by atoms with E-state index in [0.717, 1.165) is 18.4 Å². The lowest BCUT2D eigenvalue weighted by molar-refractivity contribution is 0.586. The van der Waals surface area contributed by atoms with E-state index < -0.39 is 0 Å². The lowest BCUT2D eigenvalue weighted by Gasteiger charge is -2.13. The summed E-state index contributed by atoms with van der Waals surface area (Å²) < 4.78 is 0. The van der Waals surface area contributed by atoms with Gasteiger partial charge >= 0.3 is 0 Å². The molecular weight excluding hydrogens is 206 g/mol. The molecule has 1 nitrogen and oxygen atoms in total. The van der Waals surface area contributed by atoms with Crippen molar-refractivity contribution in [1.29, 1.82) is 0 Å². The van der Waals surface area contributed by atoms with Crippen LogP contribution >= 0.6 is 0 Å². The predicted molar refractivity (Wildman–Crippen MR) is 77.5 cm³/mol. The second-order valence-corrected chi connectivity index (χ2v) is 5.70. The van der Waals surface area contributed by atoms with E-state index in [2.05, 4.69) is 57.3 Å². The Balaban J connectivity index is 2.51. The van der Waals surface area contributed by atoms with Crippen LogP contribution < -0.4 is 5.32 Å². The molecule has 0 saturated heterocycles. The third-order valence-electron chi connectivity index (χ3n) is 3.05. The molecule has 0 bridgehead atoms. The minimum atomic E-state index is 0.769. The van der Waals surface area contributed by atoms with Crippen LogP contribution in [-0.2, 0) is 6.42 Å². The van der Waals surface area contributed by atoms with Crippen LogP contribution in [0, 0.1) is 11.8 Å². The Morgan fingerprint density at radius 2 is 1.59 bits per heavy atom. The molecule has 0 spiro atoms. The second-order valence-electron chi connectivity index (χ2n) is 5.70. The zero-order valence-electron chi connectivity index (χ0n) is 11.8. The highest BCUT2D eigenvalue weighted by Gasteiger charge is 2.03. The standard InChI is InChI=1S/C16H27N/c1-13(2)9-10-15-7-5-6-8-16(15)17-12-11-14(3)4/h5-8,13-14,17H,9-12H2,1-4H3. The molecule has 0 aliphatic carbocycles. The summed E-state index contributed by atoms with van der Waals surface area (Å²) in [4.78, 5) is 0. The van der Waals surface area contributed by atoms with Crippen LogP contribution in [-0.4, -0.2) is 6.54 Å². The number of hydrogen-bond acceptors (Lipinski definition) is 1. The zero-order valence-corrected chi connectivity index (χ0v) is 11.8. The van der Waals surface area contributed by atoms with Gasteiger partial charge in [-0.2, -0.15) is 0 Å². The molecule has 0 aliphatic rings. The zero-order chi connectivity index (χ0) is 12.7. The molecule has 96 valence electrons. The van der Waals surface area contributed by atoms with Crippen molar-refractivity contribution in [1.82, 2.24) is 0 Å². The van der Waals surface area contributed by atoms with Crippen molar-refractivity contribution in [3.05, 3.63) is 29.8 Å². The highest BCUT2D eigenvalue weighted by molar-refractivity contribution is 5.51. The lowest BCUT2D eigenvalue weighted by Crippen LogP contribution is -2.07. The summed E-state index contributed by atoms with van der Waals surface area (Å²) in [6.07, 6.45) is 3.68. The SMILES string of the molecule is CC(C)CCNc1ccccc1CCC(C)C. The van der Waals surface area contributed by atoms with Gasteiger partial charge in [0, 0.05) is 12.2 Å². The molecule has 0 atom stereocenters. The lowest BCUT2D eigenvalue weighted by atomic mass is 10.0. The fourth-order valence-electron chi connectivity index (χ4n) is 1.85. The average molecular weight is 233 g/mol. The van der Waals surface area contributed by atoms with Gasteiger partial charge in [-0.1, -0.05) is 45.9 Å². The first-order valence-corrected chi connectivity index (χ1v) is 6.91. The van der Waals surface area contributed by atoms with E-state index in [1.807, 2.05) is 0 Å². The minimum absolute atomic E-state index is 0.769. The fourth-order valence-corrected chi connectivity index (χ4v) is 1.85. The van der Waals surface area contributed by atoms with Crippen molar-refractivity contribution in [2.24, 2.45) is 11.8 Å². The van der Waals surface area contributed by atoms with E-state index in [0.29, 0.717) is 0 Å². The molecule has 0 saturated carbocycles. The Hall–Kier alpha value is -0.980. The fraction of sp³-hybridized carbons (Fsp3) is 0.625. The van der Waals surface area contributed by atoms with Gasteiger partial charge in [-0.25, -0.2) is 0 Å². The van der Waals surface area contributed by atoms with Crippen LogP contribution in [0.15, 0.2) is 24.3 Å². The number of aryl methyl sites for hydroxylation is 1. The first-order chi connectivity index (χ1) is 8.09. The summed E-state index contributed by atoms with van der Waals surface area (Å²) in [6.45, 7) is 10.2. The van der Waals surface area contributed by atoms with Crippen LogP contribution in [0.1, 0.15) is 46.1 Å². The van der Waals surface area contributed by atoms with E-state index in [4.69, 9.17) is 0 Å². The van der Waals surface area contributed by atoms with Gasteiger partial charge in [0.05, 0.1) is 0 Å². The smallest absolute Gasteiger partial charge is 0.0372 e. The van der Waals surface area contributed by atoms with Crippen molar-refractivity contribution in [2.75, 3.05) is 11.9 Å². The molecule has 1 aromatic rings. The maximum absolute atomic E-state index is 3.57. The Bertz CT molecular complexity index is 315. The molecule has 0 amide bonds. The highest BCUT2D eigenvalue weighted by atomic mass is 14.9. The largest absolute Gasteiger partial charge is 0.385 e. The second kappa shape index (κ2) is 7.37. The molecule has 1 heteroatoms. The molecule has 1 N–H and O–H groups in total. The summed E-state index contributed by atoms with van der Waals surface area (Å²) in [7, 11) is 0. The minimum Gasteiger partial charge on any atom is -0.385 e. The Morgan fingerprint density at radius 1 is 0.941 bits per heavy atom. The van der Waals surface area contributed by atoms with Gasteiger partial charge in [0.1, 0.15) is 0 Å². The first-order valence-electron chi connectivity index (χ1n) is 6.91. The van der Waals surface area contributed by atoms with Crippen molar-refractivity contribution in [3.63, 3.8) is 0 Å². The van der Waals surface area contributed by atoms with Crippen molar-refractivity contribution >= 4 is 5.69 Å². The molecule has 0 heterocycles. The topological polar surface area (TPSA) is 12.0 Å². The van der Waals surface area contributed by atoms with Gasteiger partial charge in [0.25, 0.3) is 0 Å². The predicted octanol–water partition coefficient (Wildman–Crippen LogP) is 4.73. The Morgan fingerprint density at radius 3 is 2.24 bits per heavy atom. The number of rotatable bonds is 7. The van der Waals surface area contributed by atoms with Crippen LogP contribution in [0.25, 0.3) is 0 Å². The quantitative estimate of drug-likeness (QED) is 0.717. The number of para-hydroxylation sites is 1. The van der Waals surface area contributed by atoms with E-state index in [1.54, 1.807) is 0 Å². The normalized spacial score (nSPS) is 11.2.